The van der Waals surface area contributed by atoms with E-state index >= 15 is 0 Å². The van der Waals surface area contributed by atoms with Gasteiger partial charge in [-0.2, -0.15) is 0 Å². The lowest BCUT2D eigenvalue weighted by molar-refractivity contribution is -0.149. The lowest BCUT2D eigenvalue weighted by Crippen LogP contribution is -2.37. The van der Waals surface area contributed by atoms with Gasteiger partial charge in [0.15, 0.2) is 0 Å². The second-order valence-electron chi connectivity index (χ2n) is 6.38. The van der Waals surface area contributed by atoms with E-state index in [0.29, 0.717) is 12.8 Å². The molecule has 0 unspecified atom stereocenters. The zero-order chi connectivity index (χ0) is 15.3. The van der Waals surface area contributed by atoms with Crippen LogP contribution >= 0.6 is 0 Å². The highest BCUT2D eigenvalue weighted by Gasteiger charge is 2.33. The van der Waals surface area contributed by atoms with Crippen molar-refractivity contribution in [3.63, 3.8) is 0 Å². The molecule has 0 aliphatic heterocycles. The van der Waals surface area contributed by atoms with Crippen LogP contribution in [0.25, 0.3) is 0 Å². The van der Waals surface area contributed by atoms with Crippen LogP contribution in [0.1, 0.15) is 60.3 Å². The van der Waals surface area contributed by atoms with E-state index in [9.17, 15) is 9.90 Å². The second kappa shape index (κ2) is 7.07. The van der Waals surface area contributed by atoms with E-state index in [-0.39, 0.29) is 18.0 Å². The number of hydrogen-bond donors (Lipinski definition) is 1. The van der Waals surface area contributed by atoms with Crippen molar-refractivity contribution in [2.45, 2.75) is 72.0 Å². The Labute approximate surface area is 122 Å². The highest BCUT2D eigenvalue weighted by atomic mass is 16.5. The van der Waals surface area contributed by atoms with Crippen molar-refractivity contribution in [1.82, 2.24) is 0 Å². The Morgan fingerprint density at radius 1 is 1.50 bits per heavy atom. The standard InChI is InChI=1S/C17H28O3/c1-6-12(2)7-10-16(18)20-15-11-14(17(4,5)19)9-8-13(15)3/h6,8,14-15,19H,7,9-11H2,1-5H3/b12-6+/t14-,15+/m1/s1. The summed E-state index contributed by atoms with van der Waals surface area (Å²) in [5, 5.41) is 10.1. The zero-order valence-corrected chi connectivity index (χ0v) is 13.4. The number of carbonyl (C=O) groups is 1. The van der Waals surface area contributed by atoms with Crippen molar-refractivity contribution < 1.29 is 14.6 Å². The fourth-order valence-corrected chi connectivity index (χ4v) is 2.38. The molecule has 0 spiro atoms. The maximum absolute atomic E-state index is 11.9. The summed E-state index contributed by atoms with van der Waals surface area (Å²) >= 11 is 0. The van der Waals surface area contributed by atoms with E-state index in [0.717, 1.165) is 18.4 Å². The van der Waals surface area contributed by atoms with Crippen LogP contribution in [0.2, 0.25) is 0 Å². The molecule has 3 heteroatoms. The monoisotopic (exact) mass is 280 g/mol. The summed E-state index contributed by atoms with van der Waals surface area (Å²) in [5.41, 5.74) is 1.57. The summed E-state index contributed by atoms with van der Waals surface area (Å²) in [5.74, 6) is -0.0124. The molecular formula is C17H28O3. The first kappa shape index (κ1) is 17.0. The molecule has 2 atom stereocenters. The van der Waals surface area contributed by atoms with Gasteiger partial charge in [0.2, 0.25) is 0 Å². The van der Waals surface area contributed by atoms with Gasteiger partial charge >= 0.3 is 5.97 Å². The highest BCUT2D eigenvalue weighted by molar-refractivity contribution is 5.70. The largest absolute Gasteiger partial charge is 0.458 e. The van der Waals surface area contributed by atoms with Crippen molar-refractivity contribution >= 4 is 5.97 Å². The molecule has 1 aliphatic carbocycles. The average molecular weight is 280 g/mol. The van der Waals surface area contributed by atoms with E-state index < -0.39 is 5.60 Å². The molecule has 0 amide bonds. The molecule has 0 fully saturated rings. The summed E-state index contributed by atoms with van der Waals surface area (Å²) in [6, 6.07) is 0. The summed E-state index contributed by atoms with van der Waals surface area (Å²) in [6.45, 7) is 9.63. The predicted octanol–water partition coefficient (Wildman–Crippen LogP) is 3.77. The van der Waals surface area contributed by atoms with Crippen molar-refractivity contribution in [1.29, 1.82) is 0 Å². The molecule has 0 radical (unpaired) electrons. The maximum Gasteiger partial charge on any atom is 0.306 e. The van der Waals surface area contributed by atoms with Crippen molar-refractivity contribution in [2.75, 3.05) is 0 Å². The molecule has 1 aliphatic rings. The molecule has 0 aromatic rings. The van der Waals surface area contributed by atoms with E-state index in [1.54, 1.807) is 0 Å². The summed E-state index contributed by atoms with van der Waals surface area (Å²) in [6.07, 6.45) is 6.65. The van der Waals surface area contributed by atoms with Gasteiger partial charge in [-0.25, -0.2) is 0 Å². The topological polar surface area (TPSA) is 46.5 Å². The van der Waals surface area contributed by atoms with Gasteiger partial charge in [-0.15, -0.1) is 0 Å². The molecule has 0 aromatic heterocycles. The third-order valence-corrected chi connectivity index (χ3v) is 4.22. The molecule has 0 saturated carbocycles. The van der Waals surface area contributed by atoms with Crippen molar-refractivity contribution in [3.05, 3.63) is 23.3 Å². The van der Waals surface area contributed by atoms with Crippen LogP contribution in [0.4, 0.5) is 0 Å². The Morgan fingerprint density at radius 2 is 2.15 bits per heavy atom. The first-order valence-corrected chi connectivity index (χ1v) is 7.44. The summed E-state index contributed by atoms with van der Waals surface area (Å²) in [4.78, 5) is 11.9. The zero-order valence-electron chi connectivity index (χ0n) is 13.4. The lowest BCUT2D eigenvalue weighted by Gasteiger charge is -2.35. The van der Waals surface area contributed by atoms with E-state index in [4.69, 9.17) is 4.74 Å². The van der Waals surface area contributed by atoms with Crippen molar-refractivity contribution in [2.24, 2.45) is 5.92 Å². The number of rotatable bonds is 5. The van der Waals surface area contributed by atoms with Gasteiger partial charge < -0.3 is 9.84 Å². The Hall–Kier alpha value is -1.09. The van der Waals surface area contributed by atoms with E-state index in [1.165, 1.54) is 5.57 Å². The maximum atomic E-state index is 11.9. The molecular weight excluding hydrogens is 252 g/mol. The molecule has 1 rings (SSSR count). The van der Waals surface area contributed by atoms with Crippen LogP contribution in [0.3, 0.4) is 0 Å². The quantitative estimate of drug-likeness (QED) is 0.616. The van der Waals surface area contributed by atoms with E-state index in [2.05, 4.69) is 6.08 Å². The van der Waals surface area contributed by atoms with Gasteiger partial charge in [0.25, 0.3) is 0 Å². The summed E-state index contributed by atoms with van der Waals surface area (Å²) in [7, 11) is 0. The molecule has 114 valence electrons. The minimum atomic E-state index is -0.733. The van der Waals surface area contributed by atoms with Crippen LogP contribution in [0.5, 0.6) is 0 Å². The number of carbonyl (C=O) groups excluding carboxylic acids is 1. The highest BCUT2D eigenvalue weighted by Crippen LogP contribution is 2.33. The first-order valence-electron chi connectivity index (χ1n) is 7.44. The van der Waals surface area contributed by atoms with Crippen LogP contribution in [-0.2, 0) is 9.53 Å². The van der Waals surface area contributed by atoms with Gasteiger partial charge in [-0.1, -0.05) is 17.7 Å². The fraction of sp³-hybridized carbons (Fsp3) is 0.706. The summed E-state index contributed by atoms with van der Waals surface area (Å²) < 4.78 is 5.58. The number of ether oxygens (including phenoxy) is 1. The van der Waals surface area contributed by atoms with Gasteiger partial charge in [-0.3, -0.25) is 4.79 Å². The van der Waals surface area contributed by atoms with Gasteiger partial charge in [0, 0.05) is 6.42 Å². The Morgan fingerprint density at radius 3 is 2.70 bits per heavy atom. The lowest BCUT2D eigenvalue weighted by atomic mass is 9.78. The molecule has 0 heterocycles. The van der Waals surface area contributed by atoms with Crippen LogP contribution in [0, 0.1) is 5.92 Å². The Balaban J connectivity index is 2.56. The number of aliphatic hydroxyl groups is 1. The van der Waals surface area contributed by atoms with Crippen LogP contribution in [0.15, 0.2) is 23.3 Å². The van der Waals surface area contributed by atoms with Gasteiger partial charge in [0.1, 0.15) is 6.10 Å². The SMILES string of the molecule is C/C=C(\C)CCC(=O)O[C@H]1C[C@H](C(C)(C)O)CC=C1C. The number of allylic oxidation sites excluding steroid dienone is 3. The Bertz CT molecular complexity index is 399. The van der Waals surface area contributed by atoms with Crippen LogP contribution < -0.4 is 0 Å². The van der Waals surface area contributed by atoms with Gasteiger partial charge in [-0.05, 0) is 65.4 Å². The fourth-order valence-electron chi connectivity index (χ4n) is 2.38. The third-order valence-electron chi connectivity index (χ3n) is 4.22. The molecule has 0 aromatic carbocycles. The molecule has 20 heavy (non-hydrogen) atoms. The van der Waals surface area contributed by atoms with E-state index in [1.807, 2.05) is 40.7 Å². The number of hydrogen-bond acceptors (Lipinski definition) is 3. The molecule has 0 bridgehead atoms. The molecule has 0 saturated heterocycles. The Kier molecular flexibility index (Phi) is 6.00. The predicted molar refractivity (Wildman–Crippen MR) is 81.3 cm³/mol. The molecule has 1 N–H and O–H groups in total. The normalized spacial score (nSPS) is 24.3. The first-order chi connectivity index (χ1) is 9.24. The average Bonchev–Trinajstić information content (AvgIpc) is 2.37. The third kappa shape index (κ3) is 5.12. The molecule has 3 nitrogen and oxygen atoms in total. The minimum Gasteiger partial charge on any atom is -0.458 e. The number of esters is 1. The van der Waals surface area contributed by atoms with Crippen LogP contribution in [-0.4, -0.2) is 22.8 Å². The van der Waals surface area contributed by atoms with Crippen molar-refractivity contribution in [3.8, 4) is 0 Å². The van der Waals surface area contributed by atoms with Gasteiger partial charge in [0.05, 0.1) is 5.60 Å². The second-order valence-corrected chi connectivity index (χ2v) is 6.38. The smallest absolute Gasteiger partial charge is 0.306 e. The minimum absolute atomic E-state index is 0.140.